The Bertz CT molecular complexity index is 128. The molecule has 0 rings (SSSR count). The molecule has 0 aromatic rings. The zero-order chi connectivity index (χ0) is 9.28. The maximum Gasteiger partial charge on any atom is 0.185 e. The number of carbonyl (C=O) groups is 1. The molecule has 4 nitrogen and oxygen atoms in total. The van der Waals surface area contributed by atoms with Gasteiger partial charge in [0, 0.05) is 13.0 Å². The molecular formula is C7H17N3O. The summed E-state index contributed by atoms with van der Waals surface area (Å²) in [6.45, 7) is 5.90. The van der Waals surface area contributed by atoms with Crippen molar-refractivity contribution in [1.82, 2.24) is 0 Å². The summed E-state index contributed by atoms with van der Waals surface area (Å²) in [5, 5.41) is 0. The fourth-order valence-corrected chi connectivity index (χ4v) is 0.342. The van der Waals surface area contributed by atoms with Crippen LogP contribution in [0.25, 0.3) is 0 Å². The zero-order valence-electron chi connectivity index (χ0n) is 7.42. The first kappa shape index (κ1) is 12.6. The molecule has 0 aliphatic rings. The lowest BCUT2D eigenvalue weighted by atomic mass is 10.3. The number of ketones is 1. The topological polar surface area (TPSA) is 81.5 Å². The van der Waals surface area contributed by atoms with Crippen molar-refractivity contribution in [3.63, 3.8) is 0 Å². The SMILES string of the molecule is CC.CC(=O)CCN=C(N)N. The molecule has 0 saturated heterocycles. The lowest BCUT2D eigenvalue weighted by molar-refractivity contribution is -0.116. The highest BCUT2D eigenvalue weighted by atomic mass is 16.1. The van der Waals surface area contributed by atoms with Gasteiger partial charge in [0.25, 0.3) is 0 Å². The largest absolute Gasteiger partial charge is 0.370 e. The van der Waals surface area contributed by atoms with Crippen LogP contribution in [0.15, 0.2) is 4.99 Å². The molecule has 0 heterocycles. The van der Waals surface area contributed by atoms with E-state index in [1.807, 2.05) is 13.8 Å². The van der Waals surface area contributed by atoms with E-state index < -0.39 is 0 Å². The van der Waals surface area contributed by atoms with E-state index in [1.54, 1.807) is 0 Å². The van der Waals surface area contributed by atoms with Crippen molar-refractivity contribution in [1.29, 1.82) is 0 Å². The Balaban J connectivity index is 0. The average Bonchev–Trinajstić information content (AvgIpc) is 1.90. The number of hydrogen-bond acceptors (Lipinski definition) is 2. The highest BCUT2D eigenvalue weighted by molar-refractivity contribution is 5.77. The number of aliphatic imine (C=N–C) groups is 1. The molecule has 0 aromatic heterocycles. The molecule has 0 fully saturated rings. The smallest absolute Gasteiger partial charge is 0.185 e. The minimum atomic E-state index is 0.0382. The van der Waals surface area contributed by atoms with Crippen LogP contribution in [0.2, 0.25) is 0 Å². The van der Waals surface area contributed by atoms with Gasteiger partial charge in [0.05, 0.1) is 0 Å². The Morgan fingerprint density at radius 2 is 1.82 bits per heavy atom. The van der Waals surface area contributed by atoms with Gasteiger partial charge in [-0.05, 0) is 6.92 Å². The van der Waals surface area contributed by atoms with Gasteiger partial charge in [-0.2, -0.15) is 0 Å². The zero-order valence-corrected chi connectivity index (χ0v) is 7.42. The molecule has 0 bridgehead atoms. The molecule has 0 aromatic carbocycles. The van der Waals surface area contributed by atoms with Gasteiger partial charge in [-0.15, -0.1) is 0 Å². The number of nitrogens with zero attached hydrogens (tertiary/aromatic N) is 1. The molecule has 0 saturated carbocycles. The standard InChI is InChI=1S/C5H11N3O.C2H6/c1-4(9)2-3-8-5(6)7;1-2/h2-3H2,1H3,(H4,6,7,8);1-2H3. The van der Waals surface area contributed by atoms with Crippen LogP contribution in [0, 0.1) is 0 Å². The van der Waals surface area contributed by atoms with Crippen molar-refractivity contribution in [3.05, 3.63) is 0 Å². The van der Waals surface area contributed by atoms with E-state index in [4.69, 9.17) is 11.5 Å². The summed E-state index contributed by atoms with van der Waals surface area (Å²) in [5.74, 6) is 0.135. The van der Waals surface area contributed by atoms with Gasteiger partial charge < -0.3 is 11.5 Å². The molecular weight excluding hydrogens is 142 g/mol. The molecule has 4 heteroatoms. The van der Waals surface area contributed by atoms with Crippen LogP contribution in [0.5, 0.6) is 0 Å². The van der Waals surface area contributed by atoms with E-state index in [0.29, 0.717) is 13.0 Å². The van der Waals surface area contributed by atoms with E-state index in [9.17, 15) is 4.79 Å². The molecule has 0 unspecified atom stereocenters. The Morgan fingerprint density at radius 1 is 1.36 bits per heavy atom. The fourth-order valence-electron chi connectivity index (χ4n) is 0.342. The Hall–Kier alpha value is -1.06. The van der Waals surface area contributed by atoms with E-state index in [-0.39, 0.29) is 11.7 Å². The van der Waals surface area contributed by atoms with Crippen molar-refractivity contribution in [2.45, 2.75) is 27.2 Å². The number of carbonyl (C=O) groups excluding carboxylic acids is 1. The summed E-state index contributed by atoms with van der Waals surface area (Å²) in [7, 11) is 0. The first-order chi connectivity index (χ1) is 5.13. The van der Waals surface area contributed by atoms with Crippen molar-refractivity contribution >= 4 is 11.7 Å². The van der Waals surface area contributed by atoms with Gasteiger partial charge in [0.15, 0.2) is 5.96 Å². The highest BCUT2D eigenvalue weighted by Crippen LogP contribution is 1.80. The number of rotatable bonds is 3. The van der Waals surface area contributed by atoms with Crippen molar-refractivity contribution in [2.24, 2.45) is 16.5 Å². The summed E-state index contributed by atoms with van der Waals surface area (Å²) in [6.07, 6.45) is 0.415. The Labute approximate surface area is 67.7 Å². The van der Waals surface area contributed by atoms with E-state index >= 15 is 0 Å². The number of guanidine groups is 1. The average molecular weight is 159 g/mol. The molecule has 0 spiro atoms. The molecule has 0 aliphatic heterocycles. The van der Waals surface area contributed by atoms with Crippen LogP contribution in [0.3, 0.4) is 0 Å². The quantitative estimate of drug-likeness (QED) is 0.458. The van der Waals surface area contributed by atoms with Gasteiger partial charge in [0.1, 0.15) is 5.78 Å². The van der Waals surface area contributed by atoms with Crippen LogP contribution in [0.4, 0.5) is 0 Å². The highest BCUT2D eigenvalue weighted by Gasteiger charge is 1.89. The summed E-state index contributed by atoms with van der Waals surface area (Å²) >= 11 is 0. The van der Waals surface area contributed by atoms with Crippen molar-refractivity contribution < 1.29 is 4.79 Å². The van der Waals surface area contributed by atoms with Gasteiger partial charge in [-0.1, -0.05) is 13.8 Å². The second-order valence-electron chi connectivity index (χ2n) is 1.76. The van der Waals surface area contributed by atoms with Crippen LogP contribution in [-0.2, 0) is 4.79 Å². The number of Topliss-reactive ketones (excluding diaryl/α,β-unsaturated/α-hetero) is 1. The van der Waals surface area contributed by atoms with Gasteiger partial charge in [-0.3, -0.25) is 9.79 Å². The normalized spacial score (nSPS) is 7.55. The van der Waals surface area contributed by atoms with Crippen LogP contribution in [-0.4, -0.2) is 18.3 Å². The molecule has 0 aliphatic carbocycles. The van der Waals surface area contributed by atoms with Crippen molar-refractivity contribution in [2.75, 3.05) is 6.54 Å². The summed E-state index contributed by atoms with van der Waals surface area (Å²) in [4.78, 5) is 13.9. The summed E-state index contributed by atoms with van der Waals surface area (Å²) < 4.78 is 0. The summed E-state index contributed by atoms with van der Waals surface area (Å²) in [5.41, 5.74) is 9.99. The maximum absolute atomic E-state index is 10.3. The van der Waals surface area contributed by atoms with Crippen molar-refractivity contribution in [3.8, 4) is 0 Å². The third-order valence-electron chi connectivity index (χ3n) is 0.758. The first-order valence-electron chi connectivity index (χ1n) is 3.67. The van der Waals surface area contributed by atoms with E-state index in [0.717, 1.165) is 0 Å². The third-order valence-corrected chi connectivity index (χ3v) is 0.758. The Kier molecular flexibility index (Phi) is 10.2. The lowest BCUT2D eigenvalue weighted by Gasteiger charge is -1.89. The summed E-state index contributed by atoms with van der Waals surface area (Å²) in [6, 6.07) is 0. The third kappa shape index (κ3) is 17.6. The fraction of sp³-hybridized carbons (Fsp3) is 0.714. The van der Waals surface area contributed by atoms with Crippen LogP contribution < -0.4 is 11.5 Å². The van der Waals surface area contributed by atoms with Crippen LogP contribution in [0.1, 0.15) is 27.2 Å². The number of hydrogen-bond donors (Lipinski definition) is 2. The first-order valence-corrected chi connectivity index (χ1v) is 3.67. The molecule has 0 amide bonds. The van der Waals surface area contributed by atoms with Gasteiger partial charge >= 0.3 is 0 Å². The minimum absolute atomic E-state index is 0.0382. The molecule has 0 radical (unpaired) electrons. The van der Waals surface area contributed by atoms with E-state index in [1.165, 1.54) is 6.92 Å². The Morgan fingerprint density at radius 3 is 2.09 bits per heavy atom. The lowest BCUT2D eigenvalue weighted by Crippen LogP contribution is -2.23. The number of nitrogens with two attached hydrogens (primary N) is 2. The maximum atomic E-state index is 10.3. The predicted octanol–water partition coefficient (Wildman–Crippen LogP) is 0.265. The molecule has 11 heavy (non-hydrogen) atoms. The predicted molar refractivity (Wildman–Crippen MR) is 47.3 cm³/mol. The van der Waals surface area contributed by atoms with Gasteiger partial charge in [0.2, 0.25) is 0 Å². The second-order valence-corrected chi connectivity index (χ2v) is 1.76. The van der Waals surface area contributed by atoms with Gasteiger partial charge in [-0.25, -0.2) is 0 Å². The molecule has 66 valence electrons. The molecule has 0 atom stereocenters. The van der Waals surface area contributed by atoms with E-state index in [2.05, 4.69) is 4.99 Å². The monoisotopic (exact) mass is 159 g/mol. The minimum Gasteiger partial charge on any atom is -0.370 e. The van der Waals surface area contributed by atoms with Crippen LogP contribution >= 0.6 is 0 Å². The second kappa shape index (κ2) is 8.94. The molecule has 4 N–H and O–H groups in total.